The van der Waals surface area contributed by atoms with Crippen LogP contribution in [0, 0.1) is 0 Å². The summed E-state index contributed by atoms with van der Waals surface area (Å²) in [6.07, 6.45) is 6.07. The normalized spacial score (nSPS) is 20.1. The van der Waals surface area contributed by atoms with Crippen LogP contribution in [0.2, 0.25) is 0 Å². The minimum absolute atomic E-state index is 0.226. The van der Waals surface area contributed by atoms with E-state index in [1.807, 2.05) is 20.8 Å². The molecule has 1 unspecified atom stereocenters. The number of amides is 1. The van der Waals surface area contributed by atoms with Crippen molar-refractivity contribution in [2.45, 2.75) is 58.2 Å². The molecule has 2 rings (SSSR count). The van der Waals surface area contributed by atoms with Gasteiger partial charge in [-0.25, -0.2) is 9.78 Å². The Morgan fingerprint density at radius 3 is 3.00 bits per heavy atom. The Labute approximate surface area is 125 Å². The second-order valence-electron chi connectivity index (χ2n) is 6.47. The van der Waals surface area contributed by atoms with Gasteiger partial charge in [0.2, 0.25) is 0 Å². The maximum atomic E-state index is 12.2. The fourth-order valence-corrected chi connectivity index (χ4v) is 2.38. The van der Waals surface area contributed by atoms with Crippen LogP contribution in [0.1, 0.15) is 45.8 Å². The van der Waals surface area contributed by atoms with Crippen LogP contribution >= 0.6 is 0 Å². The first-order chi connectivity index (χ1) is 9.94. The van der Waals surface area contributed by atoms with E-state index in [-0.39, 0.29) is 12.1 Å². The zero-order chi connectivity index (χ0) is 15.3. The average molecular weight is 295 g/mol. The summed E-state index contributed by atoms with van der Waals surface area (Å²) in [6, 6.07) is 0.255. The number of ether oxygens (including phenoxy) is 1. The molecule has 1 aliphatic rings. The van der Waals surface area contributed by atoms with Crippen molar-refractivity contribution >= 4 is 6.09 Å². The molecular formula is C15H25N3O3. The van der Waals surface area contributed by atoms with Crippen molar-refractivity contribution in [1.29, 1.82) is 0 Å². The van der Waals surface area contributed by atoms with Crippen molar-refractivity contribution in [3.63, 3.8) is 0 Å². The molecule has 0 aliphatic carbocycles. The van der Waals surface area contributed by atoms with E-state index in [9.17, 15) is 4.79 Å². The van der Waals surface area contributed by atoms with E-state index in [2.05, 4.69) is 10.3 Å². The van der Waals surface area contributed by atoms with E-state index in [0.717, 1.165) is 31.6 Å². The van der Waals surface area contributed by atoms with Crippen molar-refractivity contribution in [2.24, 2.45) is 0 Å². The number of carbonyl (C=O) groups excluding carboxylic acids is 1. The van der Waals surface area contributed by atoms with Gasteiger partial charge in [-0.3, -0.25) is 0 Å². The van der Waals surface area contributed by atoms with Crippen LogP contribution in [-0.4, -0.2) is 40.7 Å². The molecule has 0 saturated carbocycles. The van der Waals surface area contributed by atoms with Gasteiger partial charge in [-0.05, 0) is 33.6 Å². The third-order valence-electron chi connectivity index (χ3n) is 3.37. The van der Waals surface area contributed by atoms with E-state index >= 15 is 0 Å². The number of carbonyl (C=O) groups is 1. The molecule has 0 radical (unpaired) electrons. The second-order valence-corrected chi connectivity index (χ2v) is 6.47. The Kier molecular flexibility index (Phi) is 5.22. The molecule has 0 bridgehead atoms. The van der Waals surface area contributed by atoms with Crippen LogP contribution in [-0.2, 0) is 11.3 Å². The highest BCUT2D eigenvalue weighted by atomic mass is 16.6. The van der Waals surface area contributed by atoms with Gasteiger partial charge in [-0.15, -0.1) is 0 Å². The largest absolute Gasteiger partial charge is 0.447 e. The minimum atomic E-state index is -0.452. The summed E-state index contributed by atoms with van der Waals surface area (Å²) >= 11 is 0. The molecule has 6 heteroatoms. The van der Waals surface area contributed by atoms with Crippen LogP contribution in [0.15, 0.2) is 17.0 Å². The number of aromatic nitrogens is 1. The second kappa shape index (κ2) is 6.93. The molecule has 118 valence electrons. The van der Waals surface area contributed by atoms with Gasteiger partial charge in [0.05, 0.1) is 12.7 Å². The van der Waals surface area contributed by atoms with Gasteiger partial charge in [0, 0.05) is 19.1 Å². The zero-order valence-corrected chi connectivity index (χ0v) is 13.1. The zero-order valence-electron chi connectivity index (χ0n) is 13.1. The van der Waals surface area contributed by atoms with Gasteiger partial charge in [-0.2, -0.15) is 0 Å². The summed E-state index contributed by atoms with van der Waals surface area (Å²) in [6.45, 7) is 7.73. The van der Waals surface area contributed by atoms with Gasteiger partial charge >= 0.3 is 6.09 Å². The van der Waals surface area contributed by atoms with Crippen LogP contribution in [0.25, 0.3) is 0 Å². The molecule has 1 N–H and O–H groups in total. The Morgan fingerprint density at radius 1 is 1.52 bits per heavy atom. The molecule has 2 heterocycles. The fourth-order valence-electron chi connectivity index (χ4n) is 2.38. The molecule has 1 fully saturated rings. The highest BCUT2D eigenvalue weighted by molar-refractivity contribution is 5.68. The monoisotopic (exact) mass is 295 g/mol. The smallest absolute Gasteiger partial charge is 0.410 e. The number of nitrogens with one attached hydrogen (secondary N) is 1. The lowest BCUT2D eigenvalue weighted by Gasteiger charge is -2.28. The van der Waals surface area contributed by atoms with Crippen molar-refractivity contribution in [2.75, 3.05) is 13.1 Å². The first kappa shape index (κ1) is 15.8. The quantitative estimate of drug-likeness (QED) is 0.928. The molecular weight excluding hydrogens is 270 g/mol. The molecule has 1 aromatic rings. The fraction of sp³-hybridized carbons (Fsp3) is 0.733. The maximum absolute atomic E-state index is 12.2. The summed E-state index contributed by atoms with van der Waals surface area (Å²) in [7, 11) is 0. The summed E-state index contributed by atoms with van der Waals surface area (Å²) < 4.78 is 10.7. The average Bonchev–Trinajstić information content (AvgIpc) is 2.78. The molecule has 1 saturated heterocycles. The topological polar surface area (TPSA) is 67.6 Å². The van der Waals surface area contributed by atoms with Gasteiger partial charge in [0.25, 0.3) is 0 Å². The highest BCUT2D eigenvalue weighted by Crippen LogP contribution is 2.15. The molecule has 0 aromatic carbocycles. The molecule has 1 amide bonds. The first-order valence-electron chi connectivity index (χ1n) is 7.53. The molecule has 6 nitrogen and oxygen atoms in total. The van der Waals surface area contributed by atoms with E-state index in [0.29, 0.717) is 13.1 Å². The summed E-state index contributed by atoms with van der Waals surface area (Å²) in [5.74, 6) is 0.808. The minimum Gasteiger partial charge on any atom is -0.447 e. The van der Waals surface area contributed by atoms with Gasteiger partial charge in [0.15, 0.2) is 6.39 Å². The van der Waals surface area contributed by atoms with Gasteiger partial charge in [-0.1, -0.05) is 6.42 Å². The SMILES string of the molecule is CC(C)(C)OC(=O)N1CCCCC(NCc2cnco2)C1. The van der Waals surface area contributed by atoms with Crippen molar-refractivity contribution in [1.82, 2.24) is 15.2 Å². The number of nitrogens with zero attached hydrogens (tertiary/aromatic N) is 2. The number of hydrogen-bond donors (Lipinski definition) is 1. The van der Waals surface area contributed by atoms with Gasteiger partial charge in [0.1, 0.15) is 11.4 Å². The van der Waals surface area contributed by atoms with Crippen molar-refractivity contribution in [3.05, 3.63) is 18.4 Å². The Morgan fingerprint density at radius 2 is 2.33 bits per heavy atom. The lowest BCUT2D eigenvalue weighted by Crippen LogP contribution is -2.44. The van der Waals surface area contributed by atoms with Crippen molar-refractivity contribution in [3.8, 4) is 0 Å². The maximum Gasteiger partial charge on any atom is 0.410 e. The number of rotatable bonds is 3. The van der Waals surface area contributed by atoms with E-state index in [1.54, 1.807) is 11.1 Å². The summed E-state index contributed by atoms with van der Waals surface area (Å²) in [5.41, 5.74) is -0.452. The Hall–Kier alpha value is -1.56. The molecule has 21 heavy (non-hydrogen) atoms. The van der Waals surface area contributed by atoms with Gasteiger partial charge < -0.3 is 19.4 Å². The van der Waals surface area contributed by atoms with Crippen LogP contribution < -0.4 is 5.32 Å². The Balaban J connectivity index is 1.87. The summed E-state index contributed by atoms with van der Waals surface area (Å²) in [5, 5.41) is 3.43. The molecule has 1 atom stereocenters. The lowest BCUT2D eigenvalue weighted by atomic mass is 10.1. The predicted molar refractivity (Wildman–Crippen MR) is 78.8 cm³/mol. The first-order valence-corrected chi connectivity index (χ1v) is 7.53. The van der Waals surface area contributed by atoms with E-state index < -0.39 is 5.60 Å². The van der Waals surface area contributed by atoms with E-state index in [4.69, 9.17) is 9.15 Å². The molecule has 1 aromatic heterocycles. The molecule has 1 aliphatic heterocycles. The van der Waals surface area contributed by atoms with E-state index in [1.165, 1.54) is 6.39 Å². The van der Waals surface area contributed by atoms with Crippen molar-refractivity contribution < 1.29 is 13.9 Å². The van der Waals surface area contributed by atoms with Crippen LogP contribution in [0.4, 0.5) is 4.79 Å². The Bertz CT molecular complexity index is 440. The number of oxazole rings is 1. The molecule has 0 spiro atoms. The highest BCUT2D eigenvalue weighted by Gasteiger charge is 2.26. The lowest BCUT2D eigenvalue weighted by molar-refractivity contribution is 0.0243. The standard InChI is InChI=1S/C15H25N3O3/c1-15(2,3)21-14(19)18-7-5-4-6-12(10-18)17-9-13-8-16-11-20-13/h8,11-12,17H,4-7,9-10H2,1-3H3. The third kappa shape index (κ3) is 5.38. The number of hydrogen-bond acceptors (Lipinski definition) is 5. The predicted octanol–water partition coefficient (Wildman–Crippen LogP) is 2.55. The third-order valence-corrected chi connectivity index (χ3v) is 3.37. The number of likely N-dealkylation sites (tertiary alicyclic amines) is 1. The van der Waals surface area contributed by atoms with Crippen LogP contribution in [0.5, 0.6) is 0 Å². The summed E-state index contributed by atoms with van der Waals surface area (Å²) in [4.78, 5) is 17.9. The van der Waals surface area contributed by atoms with Crippen LogP contribution in [0.3, 0.4) is 0 Å².